The maximum atomic E-state index is 13.0. The zero-order valence-corrected chi connectivity index (χ0v) is 14.4. The van der Waals surface area contributed by atoms with Gasteiger partial charge in [0.15, 0.2) is 0 Å². The van der Waals surface area contributed by atoms with Crippen LogP contribution in [0.15, 0.2) is 25.8 Å². The summed E-state index contributed by atoms with van der Waals surface area (Å²) in [4.78, 5) is 12.1. The molecule has 0 atom stereocenters. The molecule has 0 aliphatic carbocycles. The van der Waals surface area contributed by atoms with Crippen molar-refractivity contribution in [1.82, 2.24) is 0 Å². The minimum atomic E-state index is -0.563. The van der Waals surface area contributed by atoms with Crippen LogP contribution in [0.5, 0.6) is 0 Å². The number of hydrogen-bond donors (Lipinski definition) is 1. The van der Waals surface area contributed by atoms with Gasteiger partial charge >= 0.3 is 0 Å². The quantitative estimate of drug-likeness (QED) is 0.603. The van der Waals surface area contributed by atoms with Gasteiger partial charge in [-0.2, -0.15) is 0 Å². The van der Waals surface area contributed by atoms with E-state index in [0.29, 0.717) is 9.35 Å². The maximum Gasteiger partial charge on any atom is 0.257 e. The van der Waals surface area contributed by atoms with Crippen LogP contribution in [0, 0.1) is 5.82 Å². The first kappa shape index (κ1) is 15.3. The van der Waals surface area contributed by atoms with Crippen molar-refractivity contribution in [2.45, 2.75) is 0 Å². The van der Waals surface area contributed by atoms with Crippen molar-refractivity contribution in [3.8, 4) is 0 Å². The van der Waals surface area contributed by atoms with Crippen molar-refractivity contribution in [3.05, 3.63) is 47.2 Å². The van der Waals surface area contributed by atoms with Gasteiger partial charge < -0.3 is 5.32 Å². The van der Waals surface area contributed by atoms with Crippen molar-refractivity contribution in [3.63, 3.8) is 0 Å². The van der Waals surface area contributed by atoms with Crippen LogP contribution in [0.3, 0.4) is 0 Å². The Hall–Kier alpha value is -0.140. The lowest BCUT2D eigenvalue weighted by Crippen LogP contribution is -2.12. The van der Waals surface area contributed by atoms with E-state index in [2.05, 4.69) is 37.2 Å². The van der Waals surface area contributed by atoms with Gasteiger partial charge in [0.1, 0.15) is 5.82 Å². The molecule has 0 saturated carbocycles. The first-order valence-electron chi connectivity index (χ1n) is 4.79. The normalized spacial score (nSPS) is 10.6. The molecule has 1 aromatic carbocycles. The number of rotatable bonds is 2. The van der Waals surface area contributed by atoms with E-state index in [1.165, 1.54) is 11.3 Å². The molecule has 0 unspecified atom stereocenters. The molecule has 1 N–H and O–H groups in total. The lowest BCUT2D eigenvalue weighted by molar-refractivity contribution is 0.102. The third-order valence-electron chi connectivity index (χ3n) is 2.15. The Labute approximate surface area is 139 Å². The van der Waals surface area contributed by atoms with Gasteiger partial charge in [0, 0.05) is 0 Å². The summed E-state index contributed by atoms with van der Waals surface area (Å²) < 4.78 is 14.5. The highest BCUT2D eigenvalue weighted by atomic mass is 79.9. The standard InChI is InChI=1S/C11H4Br2Cl2FNOS/c12-8-3-5(10(13)19-8)11(18)17-9-6(14)1-4(16)2-7(9)15/h1-3H,(H,17,18). The number of hydrogen-bond acceptors (Lipinski definition) is 2. The highest BCUT2D eigenvalue weighted by molar-refractivity contribution is 9.12. The van der Waals surface area contributed by atoms with Crippen LogP contribution in [-0.2, 0) is 0 Å². The Morgan fingerprint density at radius 1 is 1.21 bits per heavy atom. The van der Waals surface area contributed by atoms with Gasteiger partial charge in [0.05, 0.1) is 28.9 Å². The number of nitrogens with one attached hydrogen (secondary N) is 1. The van der Waals surface area contributed by atoms with Crippen LogP contribution in [0.2, 0.25) is 10.0 Å². The molecule has 1 heterocycles. The molecule has 0 aliphatic rings. The summed E-state index contributed by atoms with van der Waals surface area (Å²) in [5.74, 6) is -0.948. The minimum Gasteiger partial charge on any atom is -0.319 e. The molecular weight excluding hydrogens is 444 g/mol. The fourth-order valence-corrected chi connectivity index (χ4v) is 4.69. The van der Waals surface area contributed by atoms with E-state index in [-0.39, 0.29) is 21.6 Å². The number of halogens is 5. The summed E-state index contributed by atoms with van der Waals surface area (Å²) >= 11 is 19.6. The lowest BCUT2D eigenvalue weighted by atomic mass is 10.2. The Morgan fingerprint density at radius 3 is 2.26 bits per heavy atom. The molecule has 0 radical (unpaired) electrons. The van der Waals surface area contributed by atoms with Gasteiger partial charge in [0.25, 0.3) is 5.91 Å². The van der Waals surface area contributed by atoms with E-state index < -0.39 is 5.82 Å². The van der Waals surface area contributed by atoms with Crippen LogP contribution in [-0.4, -0.2) is 5.91 Å². The third kappa shape index (κ3) is 3.49. The number of anilines is 1. The molecule has 1 amide bonds. The number of benzene rings is 1. The average molecular weight is 448 g/mol. The fraction of sp³-hybridized carbons (Fsp3) is 0. The SMILES string of the molecule is O=C(Nc1c(Cl)cc(F)cc1Cl)c1cc(Br)sc1Br. The first-order valence-corrected chi connectivity index (χ1v) is 7.95. The zero-order chi connectivity index (χ0) is 14.2. The van der Waals surface area contributed by atoms with Gasteiger partial charge in [-0.05, 0) is 50.1 Å². The average Bonchev–Trinajstić information content (AvgIpc) is 2.62. The van der Waals surface area contributed by atoms with Gasteiger partial charge in [-0.15, -0.1) is 11.3 Å². The minimum absolute atomic E-state index is 0.0452. The molecule has 0 aliphatic heterocycles. The molecule has 2 aromatic rings. The molecule has 2 nitrogen and oxygen atoms in total. The Balaban J connectivity index is 2.32. The zero-order valence-electron chi connectivity index (χ0n) is 8.94. The van der Waals surface area contributed by atoms with Crippen LogP contribution in [0.4, 0.5) is 10.1 Å². The van der Waals surface area contributed by atoms with Crippen molar-refractivity contribution in [2.24, 2.45) is 0 Å². The predicted octanol–water partition coefficient (Wildman–Crippen LogP) is 5.97. The van der Waals surface area contributed by atoms with Gasteiger partial charge in [-0.1, -0.05) is 23.2 Å². The summed E-state index contributed by atoms with van der Waals surface area (Å²) in [6.07, 6.45) is 0. The van der Waals surface area contributed by atoms with E-state index in [9.17, 15) is 9.18 Å². The van der Waals surface area contributed by atoms with E-state index >= 15 is 0 Å². The van der Waals surface area contributed by atoms with E-state index in [4.69, 9.17) is 23.2 Å². The molecule has 0 fully saturated rings. The third-order valence-corrected chi connectivity index (χ3v) is 5.08. The van der Waals surface area contributed by atoms with Crippen molar-refractivity contribution in [2.75, 3.05) is 5.32 Å². The fourth-order valence-electron chi connectivity index (χ4n) is 1.34. The summed E-state index contributed by atoms with van der Waals surface area (Å²) in [7, 11) is 0. The Kier molecular flexibility index (Phi) is 4.89. The maximum absolute atomic E-state index is 13.0. The van der Waals surface area contributed by atoms with Crippen molar-refractivity contribution in [1.29, 1.82) is 0 Å². The van der Waals surface area contributed by atoms with Crippen LogP contribution < -0.4 is 5.32 Å². The largest absolute Gasteiger partial charge is 0.319 e. The molecule has 0 saturated heterocycles. The van der Waals surface area contributed by atoms with Gasteiger partial charge in [-0.25, -0.2) is 4.39 Å². The number of thiophene rings is 1. The second-order valence-corrected chi connectivity index (χ2v) is 8.00. The second-order valence-electron chi connectivity index (χ2n) is 3.44. The van der Waals surface area contributed by atoms with Crippen molar-refractivity contribution < 1.29 is 9.18 Å². The molecule has 100 valence electrons. The predicted molar refractivity (Wildman–Crippen MR) is 84.1 cm³/mol. The Bertz CT molecular complexity index is 639. The molecule has 0 bridgehead atoms. The van der Waals surface area contributed by atoms with Gasteiger partial charge in [0.2, 0.25) is 0 Å². The number of carbonyl (C=O) groups is 1. The monoisotopic (exact) mass is 445 g/mol. The van der Waals surface area contributed by atoms with E-state index in [1.807, 2.05) is 0 Å². The summed E-state index contributed by atoms with van der Waals surface area (Å²) in [5.41, 5.74) is 0.622. The van der Waals surface area contributed by atoms with E-state index in [1.54, 1.807) is 6.07 Å². The second kappa shape index (κ2) is 6.10. The topological polar surface area (TPSA) is 29.1 Å². The molecule has 0 spiro atoms. The van der Waals surface area contributed by atoms with Gasteiger partial charge in [-0.3, -0.25) is 4.79 Å². The molecule has 8 heteroatoms. The lowest BCUT2D eigenvalue weighted by Gasteiger charge is -2.09. The molecule has 2 rings (SSSR count). The van der Waals surface area contributed by atoms with Crippen LogP contribution >= 0.6 is 66.4 Å². The first-order chi connectivity index (χ1) is 8.88. The smallest absolute Gasteiger partial charge is 0.257 e. The molecular formula is C11H4Br2Cl2FNOS. The number of carbonyl (C=O) groups excluding carboxylic acids is 1. The van der Waals surface area contributed by atoms with Crippen LogP contribution in [0.1, 0.15) is 10.4 Å². The Morgan fingerprint density at radius 2 is 1.79 bits per heavy atom. The summed E-state index contributed by atoms with van der Waals surface area (Å²) in [5, 5.41) is 2.65. The van der Waals surface area contributed by atoms with Crippen molar-refractivity contribution >= 4 is 78.0 Å². The summed E-state index contributed by atoms with van der Waals surface area (Å²) in [6.45, 7) is 0. The highest BCUT2D eigenvalue weighted by Crippen LogP contribution is 2.35. The molecule has 19 heavy (non-hydrogen) atoms. The highest BCUT2D eigenvalue weighted by Gasteiger charge is 2.17. The summed E-state index contributed by atoms with van der Waals surface area (Å²) in [6, 6.07) is 3.83. The van der Waals surface area contributed by atoms with E-state index in [0.717, 1.165) is 15.9 Å². The van der Waals surface area contributed by atoms with Crippen LogP contribution in [0.25, 0.3) is 0 Å². The molecule has 1 aromatic heterocycles. The number of amides is 1.